The standard InChI is InChI=1S/C12H14BrN3O2/c13-10-7-9(8-12(17)18)3-4-11(10)14-15-16-5-1-2-6-16/h3-4,7H,1-2,5-6,8H2,(H,17,18). The summed E-state index contributed by atoms with van der Waals surface area (Å²) in [5.41, 5.74) is 1.46. The molecule has 1 aliphatic heterocycles. The van der Waals surface area contributed by atoms with Crippen molar-refractivity contribution in [1.29, 1.82) is 0 Å². The molecule has 1 aliphatic rings. The molecule has 0 spiro atoms. The Balaban J connectivity index is 2.06. The summed E-state index contributed by atoms with van der Waals surface area (Å²) in [6.07, 6.45) is 2.34. The molecule has 96 valence electrons. The molecule has 0 aromatic heterocycles. The van der Waals surface area contributed by atoms with Crippen molar-refractivity contribution in [3.8, 4) is 0 Å². The van der Waals surface area contributed by atoms with Gasteiger partial charge in [-0.15, -0.1) is 5.11 Å². The summed E-state index contributed by atoms with van der Waals surface area (Å²) in [5, 5.41) is 19.0. The number of nitrogens with zero attached hydrogens (tertiary/aromatic N) is 3. The molecule has 1 aromatic carbocycles. The zero-order valence-corrected chi connectivity index (χ0v) is 11.4. The number of hydrogen-bond acceptors (Lipinski definition) is 3. The quantitative estimate of drug-likeness (QED) is 0.869. The minimum Gasteiger partial charge on any atom is -0.481 e. The second-order valence-corrected chi connectivity index (χ2v) is 5.06. The van der Waals surface area contributed by atoms with E-state index >= 15 is 0 Å². The lowest BCUT2D eigenvalue weighted by Crippen LogP contribution is -2.09. The van der Waals surface area contributed by atoms with Crippen LogP contribution in [0.2, 0.25) is 0 Å². The predicted molar refractivity (Wildman–Crippen MR) is 70.8 cm³/mol. The molecule has 0 atom stereocenters. The molecule has 18 heavy (non-hydrogen) atoms. The van der Waals surface area contributed by atoms with E-state index in [2.05, 4.69) is 26.3 Å². The highest BCUT2D eigenvalue weighted by molar-refractivity contribution is 9.10. The summed E-state index contributed by atoms with van der Waals surface area (Å²) in [6.45, 7) is 1.91. The van der Waals surface area contributed by atoms with Crippen molar-refractivity contribution in [3.05, 3.63) is 28.2 Å². The van der Waals surface area contributed by atoms with Crippen LogP contribution in [0.4, 0.5) is 5.69 Å². The van der Waals surface area contributed by atoms with Gasteiger partial charge in [0, 0.05) is 17.6 Å². The molecule has 0 amide bonds. The second-order valence-electron chi connectivity index (χ2n) is 4.21. The summed E-state index contributed by atoms with van der Waals surface area (Å²) < 4.78 is 0.768. The number of rotatable bonds is 4. The van der Waals surface area contributed by atoms with Gasteiger partial charge in [0.1, 0.15) is 5.69 Å². The van der Waals surface area contributed by atoms with Gasteiger partial charge in [-0.3, -0.25) is 9.80 Å². The van der Waals surface area contributed by atoms with Gasteiger partial charge in [0.2, 0.25) is 0 Å². The van der Waals surface area contributed by atoms with E-state index in [1.165, 1.54) is 0 Å². The molecule has 1 fully saturated rings. The van der Waals surface area contributed by atoms with Crippen molar-refractivity contribution in [3.63, 3.8) is 0 Å². The molecular formula is C12H14BrN3O2. The van der Waals surface area contributed by atoms with Crippen LogP contribution in [0.15, 0.2) is 33.0 Å². The van der Waals surface area contributed by atoms with Crippen molar-refractivity contribution in [2.45, 2.75) is 19.3 Å². The number of benzene rings is 1. The monoisotopic (exact) mass is 311 g/mol. The van der Waals surface area contributed by atoms with Crippen LogP contribution in [0.5, 0.6) is 0 Å². The van der Waals surface area contributed by atoms with E-state index in [4.69, 9.17) is 5.11 Å². The normalized spacial score (nSPS) is 15.5. The Morgan fingerprint density at radius 1 is 1.39 bits per heavy atom. The van der Waals surface area contributed by atoms with Crippen molar-refractivity contribution in [2.75, 3.05) is 13.1 Å². The van der Waals surface area contributed by atoms with Crippen LogP contribution in [-0.4, -0.2) is 29.2 Å². The number of carboxylic acids is 1. The Hall–Kier alpha value is -1.43. The van der Waals surface area contributed by atoms with Crippen molar-refractivity contribution < 1.29 is 9.90 Å². The van der Waals surface area contributed by atoms with Gasteiger partial charge in [-0.2, -0.15) is 0 Å². The highest BCUT2D eigenvalue weighted by Crippen LogP contribution is 2.27. The minimum atomic E-state index is -0.839. The Morgan fingerprint density at radius 3 is 2.72 bits per heavy atom. The maximum atomic E-state index is 10.6. The predicted octanol–water partition coefficient (Wildman–Crippen LogP) is 3.17. The average molecular weight is 312 g/mol. The molecule has 0 saturated carbocycles. The Bertz CT molecular complexity index is 470. The number of halogens is 1. The van der Waals surface area contributed by atoms with Crippen molar-refractivity contribution in [2.24, 2.45) is 10.3 Å². The Morgan fingerprint density at radius 2 is 2.11 bits per heavy atom. The van der Waals surface area contributed by atoms with Gasteiger partial charge in [0.25, 0.3) is 0 Å². The maximum Gasteiger partial charge on any atom is 0.307 e. The van der Waals surface area contributed by atoms with Gasteiger partial charge >= 0.3 is 5.97 Å². The molecule has 1 aromatic rings. The van der Waals surface area contributed by atoms with E-state index in [0.29, 0.717) is 0 Å². The maximum absolute atomic E-state index is 10.6. The number of hydrogen-bond donors (Lipinski definition) is 1. The first-order chi connectivity index (χ1) is 8.65. The third-order valence-corrected chi connectivity index (χ3v) is 3.36. The highest BCUT2D eigenvalue weighted by atomic mass is 79.9. The molecule has 5 nitrogen and oxygen atoms in total. The molecule has 2 rings (SSSR count). The summed E-state index contributed by atoms with van der Waals surface area (Å²) >= 11 is 3.38. The van der Waals surface area contributed by atoms with Crippen LogP contribution in [0.3, 0.4) is 0 Å². The smallest absolute Gasteiger partial charge is 0.307 e. The third-order valence-electron chi connectivity index (χ3n) is 2.73. The second kappa shape index (κ2) is 5.95. The van der Waals surface area contributed by atoms with Crippen LogP contribution in [0.1, 0.15) is 18.4 Å². The lowest BCUT2D eigenvalue weighted by molar-refractivity contribution is -0.136. The number of carbonyl (C=O) groups is 1. The van der Waals surface area contributed by atoms with Crippen LogP contribution in [0.25, 0.3) is 0 Å². The van der Waals surface area contributed by atoms with Crippen LogP contribution in [0, 0.1) is 0 Å². The van der Waals surface area contributed by atoms with Crippen LogP contribution < -0.4 is 0 Å². The fourth-order valence-corrected chi connectivity index (χ4v) is 2.32. The van der Waals surface area contributed by atoms with E-state index < -0.39 is 5.97 Å². The number of aliphatic carboxylic acids is 1. The van der Waals surface area contributed by atoms with Gasteiger partial charge in [-0.05, 0) is 46.5 Å². The molecule has 0 bridgehead atoms. The molecule has 0 radical (unpaired) electrons. The molecule has 0 aliphatic carbocycles. The lowest BCUT2D eigenvalue weighted by Gasteiger charge is -2.07. The van der Waals surface area contributed by atoms with Gasteiger partial charge < -0.3 is 5.11 Å². The van der Waals surface area contributed by atoms with E-state index in [9.17, 15) is 4.79 Å². The molecule has 1 saturated heterocycles. The van der Waals surface area contributed by atoms with E-state index in [1.54, 1.807) is 18.2 Å². The molecule has 0 unspecified atom stereocenters. The summed E-state index contributed by atoms with van der Waals surface area (Å²) in [5.74, 6) is -0.839. The highest BCUT2D eigenvalue weighted by Gasteiger charge is 2.09. The van der Waals surface area contributed by atoms with Crippen LogP contribution >= 0.6 is 15.9 Å². The SMILES string of the molecule is O=C(O)Cc1ccc(N=NN2CCCC2)c(Br)c1. The van der Waals surface area contributed by atoms with Crippen molar-refractivity contribution in [1.82, 2.24) is 5.01 Å². The molecule has 1 N–H and O–H groups in total. The van der Waals surface area contributed by atoms with Gasteiger partial charge in [-0.1, -0.05) is 11.3 Å². The van der Waals surface area contributed by atoms with Crippen molar-refractivity contribution >= 4 is 27.6 Å². The lowest BCUT2D eigenvalue weighted by atomic mass is 10.1. The third kappa shape index (κ3) is 3.53. The summed E-state index contributed by atoms with van der Waals surface area (Å²) in [6, 6.07) is 5.31. The molecular weight excluding hydrogens is 298 g/mol. The molecule has 1 heterocycles. The number of carboxylic acid groups (broad SMARTS) is 1. The zero-order valence-electron chi connectivity index (χ0n) is 9.84. The molecule has 6 heteroatoms. The minimum absolute atomic E-state index is 0.0160. The first-order valence-electron chi connectivity index (χ1n) is 5.82. The fourth-order valence-electron chi connectivity index (χ4n) is 1.82. The first-order valence-corrected chi connectivity index (χ1v) is 6.61. The van der Waals surface area contributed by atoms with Gasteiger partial charge in [0.15, 0.2) is 0 Å². The van der Waals surface area contributed by atoms with E-state index in [0.717, 1.165) is 41.7 Å². The average Bonchev–Trinajstić information content (AvgIpc) is 2.80. The van der Waals surface area contributed by atoms with Crippen LogP contribution in [-0.2, 0) is 11.2 Å². The summed E-state index contributed by atoms with van der Waals surface area (Å²) in [7, 11) is 0. The van der Waals surface area contributed by atoms with Gasteiger partial charge in [0.05, 0.1) is 6.42 Å². The Labute approximate surface area is 114 Å². The fraction of sp³-hybridized carbons (Fsp3) is 0.417. The van der Waals surface area contributed by atoms with Gasteiger partial charge in [-0.25, -0.2) is 0 Å². The summed E-state index contributed by atoms with van der Waals surface area (Å²) in [4.78, 5) is 10.6. The zero-order chi connectivity index (χ0) is 13.0. The Kier molecular flexibility index (Phi) is 4.30. The van der Waals surface area contributed by atoms with E-state index in [-0.39, 0.29) is 6.42 Å². The largest absolute Gasteiger partial charge is 0.481 e. The first kappa shape index (κ1) is 13.0. The topological polar surface area (TPSA) is 65.3 Å². The van der Waals surface area contributed by atoms with E-state index in [1.807, 2.05) is 5.01 Å².